The van der Waals surface area contributed by atoms with E-state index in [1.807, 2.05) is 6.92 Å². The van der Waals surface area contributed by atoms with Crippen molar-refractivity contribution in [3.8, 4) is 0 Å². The van der Waals surface area contributed by atoms with Crippen LogP contribution in [-0.2, 0) is 4.79 Å². The molecule has 0 spiro atoms. The molecule has 3 nitrogen and oxygen atoms in total. The normalized spacial score (nSPS) is 24.2. The lowest BCUT2D eigenvalue weighted by molar-refractivity contribution is -0.121. The summed E-state index contributed by atoms with van der Waals surface area (Å²) in [5.41, 5.74) is 0.495. The fourth-order valence-corrected chi connectivity index (χ4v) is 1.76. The Morgan fingerprint density at radius 1 is 1.38 bits per heavy atom. The standard InChI is InChI=1S/C13H26N2O/c1-9(2)10(3)15-12(16)8-14-7-11-6-13(11,4)5/h9-11,14H,6-8H2,1-5H3,(H,15,16). The molecular formula is C13H26N2O. The Balaban J connectivity index is 2.07. The van der Waals surface area contributed by atoms with Crippen molar-refractivity contribution >= 4 is 5.91 Å². The molecule has 0 aromatic heterocycles. The van der Waals surface area contributed by atoms with Gasteiger partial charge in [-0.2, -0.15) is 0 Å². The molecule has 1 rings (SSSR count). The highest BCUT2D eigenvalue weighted by atomic mass is 16.1. The second-order valence-electron chi connectivity index (χ2n) is 6.12. The number of hydrogen-bond acceptors (Lipinski definition) is 2. The van der Waals surface area contributed by atoms with Gasteiger partial charge in [0, 0.05) is 6.04 Å². The summed E-state index contributed by atoms with van der Waals surface area (Å²) in [6.45, 7) is 12.3. The van der Waals surface area contributed by atoms with Crippen LogP contribution in [0.4, 0.5) is 0 Å². The van der Waals surface area contributed by atoms with Gasteiger partial charge in [0.2, 0.25) is 5.91 Å². The van der Waals surface area contributed by atoms with E-state index in [1.54, 1.807) is 0 Å². The monoisotopic (exact) mass is 226 g/mol. The molecule has 0 radical (unpaired) electrons. The maximum absolute atomic E-state index is 11.5. The first-order valence-electron chi connectivity index (χ1n) is 6.33. The molecule has 94 valence electrons. The number of amides is 1. The lowest BCUT2D eigenvalue weighted by Gasteiger charge is -2.17. The van der Waals surface area contributed by atoms with E-state index in [9.17, 15) is 4.79 Å². The van der Waals surface area contributed by atoms with Crippen LogP contribution < -0.4 is 10.6 Å². The minimum Gasteiger partial charge on any atom is -0.352 e. The van der Waals surface area contributed by atoms with Crippen LogP contribution in [0.2, 0.25) is 0 Å². The van der Waals surface area contributed by atoms with E-state index in [1.165, 1.54) is 6.42 Å². The zero-order valence-corrected chi connectivity index (χ0v) is 11.3. The topological polar surface area (TPSA) is 41.1 Å². The summed E-state index contributed by atoms with van der Waals surface area (Å²) in [5, 5.41) is 6.23. The zero-order chi connectivity index (χ0) is 12.3. The van der Waals surface area contributed by atoms with Gasteiger partial charge in [0.15, 0.2) is 0 Å². The fraction of sp³-hybridized carbons (Fsp3) is 0.923. The van der Waals surface area contributed by atoms with Crippen LogP contribution >= 0.6 is 0 Å². The van der Waals surface area contributed by atoms with E-state index < -0.39 is 0 Å². The van der Waals surface area contributed by atoms with Crippen LogP contribution in [0.5, 0.6) is 0 Å². The summed E-state index contributed by atoms with van der Waals surface area (Å²) in [6, 6.07) is 0.256. The molecule has 16 heavy (non-hydrogen) atoms. The maximum Gasteiger partial charge on any atom is 0.234 e. The summed E-state index contributed by atoms with van der Waals surface area (Å²) in [7, 11) is 0. The van der Waals surface area contributed by atoms with Gasteiger partial charge in [-0.25, -0.2) is 0 Å². The number of carbonyl (C=O) groups is 1. The second-order valence-corrected chi connectivity index (χ2v) is 6.12. The van der Waals surface area contributed by atoms with E-state index in [0.717, 1.165) is 12.5 Å². The van der Waals surface area contributed by atoms with Crippen molar-refractivity contribution in [2.75, 3.05) is 13.1 Å². The first-order chi connectivity index (χ1) is 7.33. The molecular weight excluding hydrogens is 200 g/mol. The average Bonchev–Trinajstić information content (AvgIpc) is 2.73. The second kappa shape index (κ2) is 5.17. The van der Waals surface area contributed by atoms with Crippen molar-refractivity contribution in [1.29, 1.82) is 0 Å². The summed E-state index contributed by atoms with van der Waals surface area (Å²) in [4.78, 5) is 11.5. The van der Waals surface area contributed by atoms with Crippen molar-refractivity contribution < 1.29 is 4.79 Å². The molecule has 0 bridgehead atoms. The molecule has 1 fully saturated rings. The Hall–Kier alpha value is -0.570. The van der Waals surface area contributed by atoms with Gasteiger partial charge >= 0.3 is 0 Å². The smallest absolute Gasteiger partial charge is 0.234 e. The van der Waals surface area contributed by atoms with E-state index in [0.29, 0.717) is 17.9 Å². The minimum atomic E-state index is 0.111. The molecule has 1 aliphatic rings. The lowest BCUT2D eigenvalue weighted by Crippen LogP contribution is -2.41. The van der Waals surface area contributed by atoms with Gasteiger partial charge in [0.05, 0.1) is 6.54 Å². The first-order valence-corrected chi connectivity index (χ1v) is 6.33. The average molecular weight is 226 g/mol. The summed E-state index contributed by atoms with van der Waals surface area (Å²) < 4.78 is 0. The van der Waals surface area contributed by atoms with Crippen molar-refractivity contribution in [2.45, 2.75) is 47.1 Å². The number of rotatable bonds is 6. The Kier molecular flexibility index (Phi) is 4.36. The fourth-order valence-electron chi connectivity index (χ4n) is 1.76. The van der Waals surface area contributed by atoms with Crippen LogP contribution in [0.15, 0.2) is 0 Å². The number of carbonyl (C=O) groups excluding carboxylic acids is 1. The molecule has 2 atom stereocenters. The predicted molar refractivity (Wildman–Crippen MR) is 67.2 cm³/mol. The van der Waals surface area contributed by atoms with E-state index in [4.69, 9.17) is 0 Å². The summed E-state index contributed by atoms with van der Waals surface area (Å²) in [5.74, 6) is 1.36. The summed E-state index contributed by atoms with van der Waals surface area (Å²) >= 11 is 0. The van der Waals surface area contributed by atoms with Crippen molar-refractivity contribution in [3.05, 3.63) is 0 Å². The van der Waals surface area contributed by atoms with Crippen molar-refractivity contribution in [2.24, 2.45) is 17.3 Å². The Bertz CT molecular complexity index is 248. The van der Waals surface area contributed by atoms with Gasteiger partial charge in [-0.1, -0.05) is 27.7 Å². The quantitative estimate of drug-likeness (QED) is 0.725. The Labute approximate surface area is 99.4 Å². The zero-order valence-electron chi connectivity index (χ0n) is 11.3. The van der Waals surface area contributed by atoms with Crippen LogP contribution in [0.25, 0.3) is 0 Å². The molecule has 1 amide bonds. The highest BCUT2D eigenvalue weighted by Crippen LogP contribution is 2.50. The first kappa shape index (κ1) is 13.5. The molecule has 0 saturated heterocycles. The maximum atomic E-state index is 11.5. The van der Waals surface area contributed by atoms with Crippen molar-refractivity contribution in [3.63, 3.8) is 0 Å². The molecule has 2 unspecified atom stereocenters. The molecule has 3 heteroatoms. The molecule has 2 N–H and O–H groups in total. The molecule has 0 heterocycles. The minimum absolute atomic E-state index is 0.111. The molecule has 0 aromatic carbocycles. The van der Waals surface area contributed by atoms with Gasteiger partial charge in [-0.3, -0.25) is 4.79 Å². The molecule has 0 aromatic rings. The highest BCUT2D eigenvalue weighted by molar-refractivity contribution is 5.78. The van der Waals surface area contributed by atoms with Gasteiger partial charge in [-0.05, 0) is 37.1 Å². The number of hydrogen-bond donors (Lipinski definition) is 2. The third-order valence-electron chi connectivity index (χ3n) is 3.78. The lowest BCUT2D eigenvalue weighted by atomic mass is 10.1. The van der Waals surface area contributed by atoms with Crippen LogP contribution in [-0.4, -0.2) is 25.0 Å². The Morgan fingerprint density at radius 2 is 1.94 bits per heavy atom. The van der Waals surface area contributed by atoms with E-state index in [2.05, 4.69) is 38.3 Å². The largest absolute Gasteiger partial charge is 0.352 e. The van der Waals surface area contributed by atoms with E-state index in [-0.39, 0.29) is 11.9 Å². The van der Waals surface area contributed by atoms with Crippen LogP contribution in [0.1, 0.15) is 41.0 Å². The van der Waals surface area contributed by atoms with Gasteiger partial charge in [-0.15, -0.1) is 0 Å². The predicted octanol–water partition coefficient (Wildman–Crippen LogP) is 1.78. The van der Waals surface area contributed by atoms with E-state index >= 15 is 0 Å². The van der Waals surface area contributed by atoms with Gasteiger partial charge < -0.3 is 10.6 Å². The molecule has 1 aliphatic carbocycles. The highest BCUT2D eigenvalue weighted by Gasteiger charge is 2.44. The van der Waals surface area contributed by atoms with Gasteiger partial charge in [0.1, 0.15) is 0 Å². The van der Waals surface area contributed by atoms with Crippen LogP contribution in [0, 0.1) is 17.3 Å². The Morgan fingerprint density at radius 3 is 2.38 bits per heavy atom. The van der Waals surface area contributed by atoms with Crippen LogP contribution in [0.3, 0.4) is 0 Å². The molecule has 0 aliphatic heterocycles. The molecule has 1 saturated carbocycles. The third kappa shape index (κ3) is 4.12. The number of nitrogens with one attached hydrogen (secondary N) is 2. The summed E-state index contributed by atoms with van der Waals surface area (Å²) in [6.07, 6.45) is 1.28. The van der Waals surface area contributed by atoms with Crippen molar-refractivity contribution in [1.82, 2.24) is 10.6 Å². The SMILES string of the molecule is CC(C)C(C)NC(=O)CNCC1CC1(C)C. The van der Waals surface area contributed by atoms with Gasteiger partial charge in [0.25, 0.3) is 0 Å². The third-order valence-corrected chi connectivity index (χ3v) is 3.78.